The number of hydrogen-bond acceptors (Lipinski definition) is 3. The number of anilines is 1. The lowest BCUT2D eigenvalue weighted by atomic mass is 10.1. The molecule has 0 radical (unpaired) electrons. The predicted octanol–water partition coefficient (Wildman–Crippen LogP) is 4.02. The molecule has 0 bridgehead atoms. The van der Waals surface area contributed by atoms with E-state index in [-0.39, 0.29) is 5.82 Å². The van der Waals surface area contributed by atoms with Crippen LogP contribution in [-0.4, -0.2) is 13.1 Å². The maximum Gasteiger partial charge on any atom is 0.129 e. The molecule has 1 aromatic heterocycles. The molecular formula is C16H21FN2S. The van der Waals surface area contributed by atoms with Crippen molar-refractivity contribution in [3.8, 4) is 0 Å². The number of nitrogens with one attached hydrogen (secondary N) is 1. The highest BCUT2D eigenvalue weighted by Crippen LogP contribution is 2.25. The Balaban J connectivity index is 2.26. The van der Waals surface area contributed by atoms with Crippen LogP contribution < -0.4 is 10.2 Å². The van der Waals surface area contributed by atoms with Crippen molar-refractivity contribution in [1.82, 2.24) is 5.32 Å². The Bertz CT molecular complexity index is 525. The minimum Gasteiger partial charge on any atom is -0.366 e. The van der Waals surface area contributed by atoms with Crippen LogP contribution in [0.1, 0.15) is 24.3 Å². The van der Waals surface area contributed by atoms with Crippen LogP contribution in [0.15, 0.2) is 35.7 Å². The van der Waals surface area contributed by atoms with E-state index in [0.29, 0.717) is 6.54 Å². The summed E-state index contributed by atoms with van der Waals surface area (Å²) in [6.07, 6.45) is 0. The van der Waals surface area contributed by atoms with Gasteiger partial charge >= 0.3 is 0 Å². The molecule has 0 aliphatic rings. The zero-order valence-corrected chi connectivity index (χ0v) is 12.8. The molecule has 4 heteroatoms. The van der Waals surface area contributed by atoms with E-state index in [4.69, 9.17) is 0 Å². The molecule has 0 atom stereocenters. The smallest absolute Gasteiger partial charge is 0.129 e. The summed E-state index contributed by atoms with van der Waals surface area (Å²) in [4.78, 5) is 3.52. The van der Waals surface area contributed by atoms with E-state index in [0.717, 1.165) is 30.9 Å². The number of rotatable bonds is 7. The third-order valence-corrected chi connectivity index (χ3v) is 4.16. The Morgan fingerprint density at radius 2 is 2.05 bits per heavy atom. The van der Waals surface area contributed by atoms with Crippen LogP contribution in [0, 0.1) is 5.82 Å². The van der Waals surface area contributed by atoms with Crippen molar-refractivity contribution in [2.24, 2.45) is 0 Å². The van der Waals surface area contributed by atoms with Gasteiger partial charge in [0.1, 0.15) is 5.82 Å². The van der Waals surface area contributed by atoms with Crippen LogP contribution in [0.5, 0.6) is 0 Å². The summed E-state index contributed by atoms with van der Waals surface area (Å²) in [5.41, 5.74) is 1.75. The third-order valence-electron chi connectivity index (χ3n) is 3.30. The highest BCUT2D eigenvalue weighted by atomic mass is 32.1. The van der Waals surface area contributed by atoms with Crippen LogP contribution in [0.4, 0.5) is 10.1 Å². The van der Waals surface area contributed by atoms with Crippen LogP contribution >= 0.6 is 11.3 Å². The molecule has 1 aromatic carbocycles. The lowest BCUT2D eigenvalue weighted by Crippen LogP contribution is -2.25. The molecule has 2 nitrogen and oxygen atoms in total. The molecule has 0 unspecified atom stereocenters. The van der Waals surface area contributed by atoms with Gasteiger partial charge in [-0.2, -0.15) is 0 Å². The first kappa shape index (κ1) is 15.0. The molecule has 0 aliphatic heterocycles. The molecule has 1 N–H and O–H groups in total. The highest BCUT2D eigenvalue weighted by molar-refractivity contribution is 7.09. The molecule has 0 aliphatic carbocycles. The van der Waals surface area contributed by atoms with Crippen molar-refractivity contribution in [2.75, 3.05) is 18.0 Å². The van der Waals surface area contributed by atoms with Gasteiger partial charge in [-0.1, -0.05) is 19.1 Å². The second-order valence-electron chi connectivity index (χ2n) is 4.61. The van der Waals surface area contributed by atoms with Crippen LogP contribution in [0.25, 0.3) is 0 Å². The second kappa shape index (κ2) is 7.41. The highest BCUT2D eigenvalue weighted by Gasteiger charge is 2.14. The Morgan fingerprint density at radius 1 is 1.20 bits per heavy atom. The first-order valence-electron chi connectivity index (χ1n) is 7.01. The Hall–Kier alpha value is -1.39. The van der Waals surface area contributed by atoms with Crippen molar-refractivity contribution in [3.63, 3.8) is 0 Å². The molecule has 0 saturated carbocycles. The summed E-state index contributed by atoms with van der Waals surface area (Å²) >= 11 is 1.74. The summed E-state index contributed by atoms with van der Waals surface area (Å²) in [5.74, 6) is -0.131. The van der Waals surface area contributed by atoms with Gasteiger partial charge in [0.2, 0.25) is 0 Å². The molecule has 2 aromatic rings. The fraction of sp³-hybridized carbons (Fsp3) is 0.375. The van der Waals surface area contributed by atoms with E-state index >= 15 is 0 Å². The number of thiophene rings is 1. The van der Waals surface area contributed by atoms with Crippen molar-refractivity contribution in [2.45, 2.75) is 26.9 Å². The Kier molecular flexibility index (Phi) is 5.56. The van der Waals surface area contributed by atoms with E-state index in [1.807, 2.05) is 13.0 Å². The van der Waals surface area contributed by atoms with Crippen molar-refractivity contribution >= 4 is 17.0 Å². The standard InChI is InChI=1S/C16H21FN2S/c1-3-18-11-14-15(17)8-5-9-16(14)19(4-2)12-13-7-6-10-20-13/h5-10,18H,3-4,11-12H2,1-2H3. The van der Waals surface area contributed by atoms with Crippen molar-refractivity contribution in [3.05, 3.63) is 52.0 Å². The Labute approximate surface area is 124 Å². The number of nitrogens with zero attached hydrogens (tertiary/aromatic N) is 1. The first-order valence-corrected chi connectivity index (χ1v) is 7.89. The van der Waals surface area contributed by atoms with Crippen LogP contribution in [0.2, 0.25) is 0 Å². The largest absolute Gasteiger partial charge is 0.366 e. The average molecular weight is 292 g/mol. The molecule has 0 fully saturated rings. The molecule has 2 rings (SSSR count). The van der Waals surface area contributed by atoms with Gasteiger partial charge < -0.3 is 10.2 Å². The Morgan fingerprint density at radius 3 is 2.70 bits per heavy atom. The second-order valence-corrected chi connectivity index (χ2v) is 5.64. The first-order chi connectivity index (χ1) is 9.76. The monoisotopic (exact) mass is 292 g/mol. The fourth-order valence-electron chi connectivity index (χ4n) is 2.23. The average Bonchev–Trinajstić information content (AvgIpc) is 2.96. The van der Waals surface area contributed by atoms with E-state index in [9.17, 15) is 4.39 Å². The van der Waals surface area contributed by atoms with Gasteiger partial charge in [0.15, 0.2) is 0 Å². The maximum absolute atomic E-state index is 14.1. The zero-order chi connectivity index (χ0) is 14.4. The summed E-state index contributed by atoms with van der Waals surface area (Å²) in [6.45, 7) is 7.24. The van der Waals surface area contributed by atoms with Crippen molar-refractivity contribution in [1.29, 1.82) is 0 Å². The van der Waals surface area contributed by atoms with Crippen LogP contribution in [-0.2, 0) is 13.1 Å². The predicted molar refractivity (Wildman–Crippen MR) is 84.8 cm³/mol. The van der Waals surface area contributed by atoms with Gasteiger partial charge in [-0.3, -0.25) is 0 Å². The number of benzene rings is 1. The molecule has 0 spiro atoms. The van der Waals surface area contributed by atoms with Crippen LogP contribution in [0.3, 0.4) is 0 Å². The van der Waals surface area contributed by atoms with Gasteiger partial charge in [0, 0.05) is 29.2 Å². The summed E-state index contributed by atoms with van der Waals surface area (Å²) in [7, 11) is 0. The SMILES string of the molecule is CCNCc1c(F)cccc1N(CC)Cc1cccs1. The lowest BCUT2D eigenvalue weighted by molar-refractivity contribution is 0.591. The fourth-order valence-corrected chi connectivity index (χ4v) is 2.95. The van der Waals surface area contributed by atoms with Crippen molar-refractivity contribution < 1.29 is 4.39 Å². The summed E-state index contributed by atoms with van der Waals surface area (Å²) < 4.78 is 14.1. The third kappa shape index (κ3) is 3.58. The van der Waals surface area contributed by atoms with E-state index < -0.39 is 0 Å². The van der Waals surface area contributed by atoms with E-state index in [1.54, 1.807) is 17.4 Å². The molecule has 20 heavy (non-hydrogen) atoms. The number of halogens is 1. The normalized spacial score (nSPS) is 10.8. The molecular weight excluding hydrogens is 271 g/mol. The topological polar surface area (TPSA) is 15.3 Å². The minimum absolute atomic E-state index is 0.131. The van der Waals surface area contributed by atoms with Gasteiger partial charge in [-0.15, -0.1) is 11.3 Å². The van der Waals surface area contributed by atoms with Gasteiger partial charge in [0.25, 0.3) is 0 Å². The molecule has 0 saturated heterocycles. The summed E-state index contributed by atoms with van der Waals surface area (Å²) in [5, 5.41) is 5.30. The minimum atomic E-state index is -0.131. The van der Waals surface area contributed by atoms with Gasteiger partial charge in [-0.25, -0.2) is 4.39 Å². The quantitative estimate of drug-likeness (QED) is 0.829. The zero-order valence-electron chi connectivity index (χ0n) is 12.0. The van der Waals surface area contributed by atoms with Gasteiger partial charge in [-0.05, 0) is 37.0 Å². The maximum atomic E-state index is 14.1. The van der Waals surface area contributed by atoms with E-state index in [2.05, 4.69) is 34.7 Å². The van der Waals surface area contributed by atoms with E-state index in [1.165, 1.54) is 10.9 Å². The molecule has 108 valence electrons. The molecule has 0 amide bonds. The number of hydrogen-bond donors (Lipinski definition) is 1. The lowest BCUT2D eigenvalue weighted by Gasteiger charge is -2.25. The molecule has 1 heterocycles. The summed E-state index contributed by atoms with van der Waals surface area (Å²) in [6, 6.07) is 9.51. The van der Waals surface area contributed by atoms with Gasteiger partial charge in [0.05, 0.1) is 6.54 Å².